The maximum atomic E-state index is 12.1. The van der Waals surface area contributed by atoms with E-state index in [0.717, 1.165) is 37.3 Å². The molecule has 1 aliphatic heterocycles. The van der Waals surface area contributed by atoms with E-state index in [1.807, 2.05) is 11.5 Å². The van der Waals surface area contributed by atoms with Gasteiger partial charge in [0.1, 0.15) is 10.7 Å². The Labute approximate surface area is 108 Å². The minimum absolute atomic E-state index is 0.157. The summed E-state index contributed by atoms with van der Waals surface area (Å²) in [7, 11) is 0. The van der Waals surface area contributed by atoms with E-state index in [-0.39, 0.29) is 5.91 Å². The number of thiazole rings is 1. The highest BCUT2D eigenvalue weighted by Gasteiger charge is 2.19. The molecule has 2 aromatic heterocycles. The number of aromatic nitrogens is 4. The number of nitrogens with zero attached hydrogens (tertiary/aromatic N) is 4. The number of carbonyl (C=O) groups is 1. The highest BCUT2D eigenvalue weighted by molar-refractivity contribution is 7.12. The van der Waals surface area contributed by atoms with Gasteiger partial charge in [-0.2, -0.15) is 0 Å². The molecule has 7 heteroatoms. The van der Waals surface area contributed by atoms with Crippen molar-refractivity contribution in [3.05, 3.63) is 21.9 Å². The van der Waals surface area contributed by atoms with E-state index in [1.54, 1.807) is 5.51 Å². The van der Waals surface area contributed by atoms with Crippen LogP contribution in [0.15, 0.2) is 5.51 Å². The van der Waals surface area contributed by atoms with Gasteiger partial charge in [0, 0.05) is 13.0 Å². The van der Waals surface area contributed by atoms with Crippen molar-refractivity contribution in [1.29, 1.82) is 0 Å². The monoisotopic (exact) mass is 263 g/mol. The Hall–Kier alpha value is -1.76. The van der Waals surface area contributed by atoms with Gasteiger partial charge in [-0.1, -0.05) is 0 Å². The van der Waals surface area contributed by atoms with Gasteiger partial charge in [0.25, 0.3) is 5.91 Å². The smallest absolute Gasteiger partial charge is 0.270 e. The summed E-state index contributed by atoms with van der Waals surface area (Å²) in [5, 5.41) is 11.0. The number of fused-ring (bicyclic) bond motifs is 1. The first-order valence-electron chi connectivity index (χ1n) is 5.89. The minimum Gasteiger partial charge on any atom is -0.297 e. The summed E-state index contributed by atoms with van der Waals surface area (Å²) >= 11 is 1.34. The zero-order valence-electron chi connectivity index (χ0n) is 10.0. The summed E-state index contributed by atoms with van der Waals surface area (Å²) in [4.78, 5) is 16.8. The average Bonchev–Trinajstić information content (AvgIpc) is 2.97. The van der Waals surface area contributed by atoms with Crippen molar-refractivity contribution in [2.45, 2.75) is 32.7 Å². The standard InChI is InChI=1S/C11H13N5OS/c1-7-9(18-6-12-7)10(17)13-11-15-14-8-4-2-3-5-16(8)11/h6H,2-5H2,1H3,(H,13,15,17). The summed E-state index contributed by atoms with van der Waals surface area (Å²) in [5.41, 5.74) is 2.42. The van der Waals surface area contributed by atoms with E-state index < -0.39 is 0 Å². The van der Waals surface area contributed by atoms with Crippen molar-refractivity contribution in [3.8, 4) is 0 Å². The number of hydrogen-bond acceptors (Lipinski definition) is 5. The van der Waals surface area contributed by atoms with Gasteiger partial charge < -0.3 is 0 Å². The molecule has 94 valence electrons. The molecule has 18 heavy (non-hydrogen) atoms. The third kappa shape index (κ3) is 1.90. The molecule has 6 nitrogen and oxygen atoms in total. The van der Waals surface area contributed by atoms with Crippen LogP contribution in [0.3, 0.4) is 0 Å². The molecule has 0 fully saturated rings. The Morgan fingerprint density at radius 2 is 2.33 bits per heavy atom. The van der Waals surface area contributed by atoms with Crippen LogP contribution in [-0.2, 0) is 13.0 Å². The quantitative estimate of drug-likeness (QED) is 0.893. The summed E-state index contributed by atoms with van der Waals surface area (Å²) < 4.78 is 1.98. The molecule has 0 atom stereocenters. The summed E-state index contributed by atoms with van der Waals surface area (Å²) in [6, 6.07) is 0. The fourth-order valence-corrected chi connectivity index (χ4v) is 2.78. The van der Waals surface area contributed by atoms with E-state index >= 15 is 0 Å². The highest BCUT2D eigenvalue weighted by atomic mass is 32.1. The zero-order valence-corrected chi connectivity index (χ0v) is 10.8. The van der Waals surface area contributed by atoms with Gasteiger partial charge >= 0.3 is 0 Å². The number of hydrogen-bond donors (Lipinski definition) is 1. The third-order valence-electron chi connectivity index (χ3n) is 3.04. The van der Waals surface area contributed by atoms with Gasteiger partial charge in [-0.25, -0.2) is 4.98 Å². The van der Waals surface area contributed by atoms with E-state index in [2.05, 4.69) is 20.5 Å². The van der Waals surface area contributed by atoms with E-state index in [0.29, 0.717) is 10.8 Å². The Morgan fingerprint density at radius 3 is 3.11 bits per heavy atom. The second-order valence-electron chi connectivity index (χ2n) is 4.27. The van der Waals surface area contributed by atoms with Crippen molar-refractivity contribution in [1.82, 2.24) is 19.7 Å². The van der Waals surface area contributed by atoms with Crippen molar-refractivity contribution in [3.63, 3.8) is 0 Å². The van der Waals surface area contributed by atoms with E-state index in [4.69, 9.17) is 0 Å². The van der Waals surface area contributed by atoms with Gasteiger partial charge in [0.15, 0.2) is 0 Å². The average molecular weight is 263 g/mol. The largest absolute Gasteiger partial charge is 0.297 e. The fraction of sp³-hybridized carbons (Fsp3) is 0.455. The lowest BCUT2D eigenvalue weighted by molar-refractivity contribution is 0.102. The van der Waals surface area contributed by atoms with E-state index in [1.165, 1.54) is 11.3 Å². The lowest BCUT2D eigenvalue weighted by atomic mass is 10.2. The van der Waals surface area contributed by atoms with Crippen molar-refractivity contribution in [2.75, 3.05) is 5.32 Å². The molecular formula is C11H13N5OS. The van der Waals surface area contributed by atoms with Crippen LogP contribution >= 0.6 is 11.3 Å². The number of nitrogens with one attached hydrogen (secondary N) is 1. The lowest BCUT2D eigenvalue weighted by Crippen LogP contribution is -2.18. The first kappa shape index (κ1) is 11.3. The Bertz CT molecular complexity index is 588. The van der Waals surface area contributed by atoms with Crippen molar-refractivity contribution in [2.24, 2.45) is 0 Å². The second kappa shape index (κ2) is 4.49. The van der Waals surface area contributed by atoms with Crippen LogP contribution in [0.5, 0.6) is 0 Å². The molecule has 0 unspecified atom stereocenters. The molecule has 3 heterocycles. The Kier molecular flexibility index (Phi) is 2.83. The molecule has 1 N–H and O–H groups in total. The van der Waals surface area contributed by atoms with Crippen LogP contribution in [0.2, 0.25) is 0 Å². The topological polar surface area (TPSA) is 72.7 Å². The predicted molar refractivity (Wildman–Crippen MR) is 67.8 cm³/mol. The molecule has 0 bridgehead atoms. The molecule has 0 saturated carbocycles. The number of aryl methyl sites for hydroxylation is 2. The summed E-state index contributed by atoms with van der Waals surface area (Å²) in [6.45, 7) is 2.70. The SMILES string of the molecule is Cc1ncsc1C(=O)Nc1nnc2n1CCCC2. The van der Waals surface area contributed by atoms with Gasteiger partial charge in [-0.3, -0.25) is 14.7 Å². The van der Waals surface area contributed by atoms with Crippen LogP contribution in [-0.4, -0.2) is 25.7 Å². The number of carbonyl (C=O) groups excluding carboxylic acids is 1. The van der Waals surface area contributed by atoms with Gasteiger partial charge in [0.2, 0.25) is 5.95 Å². The maximum absolute atomic E-state index is 12.1. The minimum atomic E-state index is -0.157. The molecular weight excluding hydrogens is 250 g/mol. The first-order valence-corrected chi connectivity index (χ1v) is 6.77. The number of amides is 1. The fourth-order valence-electron chi connectivity index (χ4n) is 2.08. The number of rotatable bonds is 2. The van der Waals surface area contributed by atoms with E-state index in [9.17, 15) is 4.79 Å². The van der Waals surface area contributed by atoms with Gasteiger partial charge in [-0.15, -0.1) is 21.5 Å². The molecule has 1 aliphatic rings. The first-order chi connectivity index (χ1) is 8.75. The predicted octanol–water partition coefficient (Wildman–Crippen LogP) is 1.63. The lowest BCUT2D eigenvalue weighted by Gasteiger charge is -2.14. The van der Waals surface area contributed by atoms with Crippen molar-refractivity contribution < 1.29 is 4.79 Å². The Balaban J connectivity index is 1.83. The molecule has 0 saturated heterocycles. The molecule has 1 amide bonds. The van der Waals surface area contributed by atoms with Crippen LogP contribution in [0.25, 0.3) is 0 Å². The van der Waals surface area contributed by atoms with Crippen LogP contribution in [0, 0.1) is 6.92 Å². The second-order valence-corrected chi connectivity index (χ2v) is 5.12. The van der Waals surface area contributed by atoms with Gasteiger partial charge in [-0.05, 0) is 19.8 Å². The highest BCUT2D eigenvalue weighted by Crippen LogP contribution is 2.19. The zero-order chi connectivity index (χ0) is 12.5. The normalized spacial score (nSPS) is 14.3. The summed E-state index contributed by atoms with van der Waals surface area (Å²) in [5.74, 6) is 1.34. The maximum Gasteiger partial charge on any atom is 0.270 e. The van der Waals surface area contributed by atoms with Crippen LogP contribution in [0.4, 0.5) is 5.95 Å². The third-order valence-corrected chi connectivity index (χ3v) is 3.96. The molecule has 0 aromatic carbocycles. The Morgan fingerprint density at radius 1 is 1.44 bits per heavy atom. The van der Waals surface area contributed by atoms with Crippen LogP contribution in [0.1, 0.15) is 34.0 Å². The molecule has 3 rings (SSSR count). The molecule has 0 radical (unpaired) electrons. The molecule has 0 spiro atoms. The van der Waals surface area contributed by atoms with Crippen LogP contribution < -0.4 is 5.32 Å². The molecule has 2 aromatic rings. The van der Waals surface area contributed by atoms with Crippen molar-refractivity contribution >= 4 is 23.2 Å². The number of anilines is 1. The van der Waals surface area contributed by atoms with Gasteiger partial charge in [0.05, 0.1) is 11.2 Å². The molecule has 0 aliphatic carbocycles. The summed E-state index contributed by atoms with van der Waals surface area (Å²) in [6.07, 6.45) is 3.18.